The standard InChI is InChI=1S/C18H18F3N3O3S/c19-18(20,21)13-4-3-5-15(12-13)23-17(25)22-14-6-8-16(9-7-14)28(26,27)24-10-1-2-11-24/h3-9,12H,1-2,10-11H2,(H2,22,23,25). The average molecular weight is 413 g/mol. The van der Waals surface area contributed by atoms with E-state index in [1.807, 2.05) is 0 Å². The monoisotopic (exact) mass is 413 g/mol. The highest BCUT2D eigenvalue weighted by molar-refractivity contribution is 7.89. The van der Waals surface area contributed by atoms with Gasteiger partial charge in [-0.25, -0.2) is 13.2 Å². The Hall–Kier alpha value is -2.59. The van der Waals surface area contributed by atoms with Crippen molar-refractivity contribution in [3.8, 4) is 0 Å². The highest BCUT2D eigenvalue weighted by Gasteiger charge is 2.30. The van der Waals surface area contributed by atoms with Crippen LogP contribution in [0.5, 0.6) is 0 Å². The van der Waals surface area contributed by atoms with Crippen molar-refractivity contribution < 1.29 is 26.4 Å². The van der Waals surface area contributed by atoms with Gasteiger partial charge in [0.15, 0.2) is 0 Å². The molecule has 10 heteroatoms. The van der Waals surface area contributed by atoms with Crippen molar-refractivity contribution in [3.63, 3.8) is 0 Å². The highest BCUT2D eigenvalue weighted by atomic mass is 32.2. The summed E-state index contributed by atoms with van der Waals surface area (Å²) < 4.78 is 64.5. The van der Waals surface area contributed by atoms with Crippen LogP contribution in [0.3, 0.4) is 0 Å². The molecule has 0 radical (unpaired) electrons. The number of halogens is 3. The molecule has 0 aromatic heterocycles. The number of hydrogen-bond donors (Lipinski definition) is 2. The van der Waals surface area contributed by atoms with Crippen molar-refractivity contribution in [2.45, 2.75) is 23.9 Å². The number of carbonyl (C=O) groups excluding carboxylic acids is 1. The summed E-state index contributed by atoms with van der Waals surface area (Å²) >= 11 is 0. The van der Waals surface area contributed by atoms with Gasteiger partial charge in [0, 0.05) is 24.5 Å². The van der Waals surface area contributed by atoms with E-state index in [1.165, 1.54) is 40.7 Å². The number of rotatable bonds is 4. The third kappa shape index (κ3) is 4.63. The Morgan fingerprint density at radius 2 is 1.54 bits per heavy atom. The van der Waals surface area contributed by atoms with Gasteiger partial charge in [-0.1, -0.05) is 6.07 Å². The second-order valence-corrected chi connectivity index (χ2v) is 8.23. The molecule has 0 unspecified atom stereocenters. The number of benzene rings is 2. The van der Waals surface area contributed by atoms with E-state index < -0.39 is 27.8 Å². The first-order valence-corrected chi connectivity index (χ1v) is 9.96. The fraction of sp³-hybridized carbons (Fsp3) is 0.278. The minimum absolute atomic E-state index is 0.0134. The van der Waals surface area contributed by atoms with Gasteiger partial charge in [-0.15, -0.1) is 0 Å². The molecule has 1 fully saturated rings. The average Bonchev–Trinajstić information content (AvgIpc) is 3.17. The Labute approximate surface area is 160 Å². The molecule has 1 aliphatic heterocycles. The zero-order chi connectivity index (χ0) is 20.4. The van der Waals surface area contributed by atoms with Crippen LogP contribution in [0.4, 0.5) is 29.3 Å². The second kappa shape index (κ2) is 7.80. The summed E-state index contributed by atoms with van der Waals surface area (Å²) in [6.07, 6.45) is -2.85. The maximum Gasteiger partial charge on any atom is 0.416 e. The molecule has 6 nitrogen and oxygen atoms in total. The van der Waals surface area contributed by atoms with Gasteiger partial charge in [0.05, 0.1) is 10.5 Å². The Kier molecular flexibility index (Phi) is 5.61. The molecule has 2 amide bonds. The molecule has 150 valence electrons. The molecule has 0 spiro atoms. The molecule has 0 atom stereocenters. The Morgan fingerprint density at radius 3 is 2.14 bits per heavy atom. The van der Waals surface area contributed by atoms with Crippen LogP contribution in [0, 0.1) is 0 Å². The summed E-state index contributed by atoms with van der Waals surface area (Å²) in [6, 6.07) is 9.13. The zero-order valence-corrected chi connectivity index (χ0v) is 15.5. The number of urea groups is 1. The molecular weight excluding hydrogens is 395 g/mol. The van der Waals surface area contributed by atoms with Gasteiger partial charge in [0.25, 0.3) is 0 Å². The predicted molar refractivity (Wildman–Crippen MR) is 98.5 cm³/mol. The lowest BCUT2D eigenvalue weighted by molar-refractivity contribution is -0.137. The van der Waals surface area contributed by atoms with E-state index in [2.05, 4.69) is 10.6 Å². The quantitative estimate of drug-likeness (QED) is 0.791. The predicted octanol–water partition coefficient (Wildman–Crippen LogP) is 4.13. The summed E-state index contributed by atoms with van der Waals surface area (Å²) in [7, 11) is -3.55. The lowest BCUT2D eigenvalue weighted by Crippen LogP contribution is -2.27. The van der Waals surface area contributed by atoms with Crippen LogP contribution in [0.1, 0.15) is 18.4 Å². The number of alkyl halides is 3. The topological polar surface area (TPSA) is 78.5 Å². The summed E-state index contributed by atoms with van der Waals surface area (Å²) in [5.41, 5.74) is -0.577. The molecule has 28 heavy (non-hydrogen) atoms. The van der Waals surface area contributed by atoms with Gasteiger partial charge in [-0.05, 0) is 55.3 Å². The van der Waals surface area contributed by atoms with Crippen molar-refractivity contribution in [1.82, 2.24) is 4.31 Å². The molecule has 2 aromatic carbocycles. The number of amides is 2. The van der Waals surface area contributed by atoms with E-state index in [0.717, 1.165) is 25.0 Å². The van der Waals surface area contributed by atoms with Crippen LogP contribution in [0.25, 0.3) is 0 Å². The van der Waals surface area contributed by atoms with Gasteiger partial charge >= 0.3 is 12.2 Å². The molecule has 0 aliphatic carbocycles. The molecular formula is C18H18F3N3O3S. The molecule has 1 aliphatic rings. The lowest BCUT2D eigenvalue weighted by Gasteiger charge is -2.15. The minimum atomic E-state index is -4.51. The maximum absolute atomic E-state index is 12.7. The first-order chi connectivity index (χ1) is 13.2. The van der Waals surface area contributed by atoms with Crippen molar-refractivity contribution in [1.29, 1.82) is 0 Å². The third-order valence-electron chi connectivity index (χ3n) is 4.26. The zero-order valence-electron chi connectivity index (χ0n) is 14.7. The van der Waals surface area contributed by atoms with Crippen LogP contribution >= 0.6 is 0 Å². The third-order valence-corrected chi connectivity index (χ3v) is 6.18. The summed E-state index contributed by atoms with van der Waals surface area (Å²) in [6.45, 7) is 0.976. The first kappa shape index (κ1) is 20.2. The van der Waals surface area contributed by atoms with Crippen LogP contribution < -0.4 is 10.6 Å². The fourth-order valence-electron chi connectivity index (χ4n) is 2.85. The largest absolute Gasteiger partial charge is 0.416 e. The normalized spacial score (nSPS) is 15.4. The summed E-state index contributed by atoms with van der Waals surface area (Å²) in [5.74, 6) is 0. The van der Waals surface area contributed by atoms with Gasteiger partial charge in [0.2, 0.25) is 10.0 Å². The van der Waals surface area contributed by atoms with E-state index in [4.69, 9.17) is 0 Å². The Balaban J connectivity index is 1.65. The summed E-state index contributed by atoms with van der Waals surface area (Å²) in [5, 5.41) is 4.77. The van der Waals surface area contributed by atoms with Crippen molar-refractivity contribution in [3.05, 3.63) is 54.1 Å². The minimum Gasteiger partial charge on any atom is -0.308 e. The lowest BCUT2D eigenvalue weighted by atomic mass is 10.2. The molecule has 1 heterocycles. The van der Waals surface area contributed by atoms with Crippen LogP contribution in [0.2, 0.25) is 0 Å². The Bertz CT molecular complexity index is 954. The molecule has 3 rings (SSSR count). The number of anilines is 2. The SMILES string of the molecule is O=C(Nc1ccc(S(=O)(=O)N2CCCC2)cc1)Nc1cccc(C(F)(F)F)c1. The van der Waals surface area contributed by atoms with Gasteiger partial charge in [-0.3, -0.25) is 0 Å². The van der Waals surface area contributed by atoms with E-state index in [0.29, 0.717) is 18.8 Å². The Morgan fingerprint density at radius 1 is 0.929 bits per heavy atom. The van der Waals surface area contributed by atoms with Crippen molar-refractivity contribution >= 4 is 27.4 Å². The number of hydrogen-bond acceptors (Lipinski definition) is 3. The molecule has 2 N–H and O–H groups in total. The van der Waals surface area contributed by atoms with Crippen LogP contribution in [-0.2, 0) is 16.2 Å². The van der Waals surface area contributed by atoms with Crippen molar-refractivity contribution in [2.75, 3.05) is 23.7 Å². The fourth-order valence-corrected chi connectivity index (χ4v) is 4.37. The first-order valence-electron chi connectivity index (χ1n) is 8.52. The van der Waals surface area contributed by atoms with Crippen LogP contribution in [-0.4, -0.2) is 31.8 Å². The number of nitrogens with zero attached hydrogens (tertiary/aromatic N) is 1. The second-order valence-electron chi connectivity index (χ2n) is 6.29. The van der Waals surface area contributed by atoms with Crippen molar-refractivity contribution in [2.24, 2.45) is 0 Å². The highest BCUT2D eigenvalue weighted by Crippen LogP contribution is 2.30. The molecule has 2 aromatic rings. The van der Waals surface area contributed by atoms with E-state index in [9.17, 15) is 26.4 Å². The number of sulfonamides is 1. The number of nitrogens with one attached hydrogen (secondary N) is 2. The molecule has 1 saturated heterocycles. The van der Waals surface area contributed by atoms with Gasteiger partial charge < -0.3 is 10.6 Å². The van der Waals surface area contributed by atoms with Gasteiger partial charge in [0.1, 0.15) is 0 Å². The van der Waals surface area contributed by atoms with E-state index in [1.54, 1.807) is 0 Å². The summed E-state index contributed by atoms with van der Waals surface area (Å²) in [4.78, 5) is 12.1. The van der Waals surface area contributed by atoms with Crippen LogP contribution in [0.15, 0.2) is 53.4 Å². The van der Waals surface area contributed by atoms with Gasteiger partial charge in [-0.2, -0.15) is 17.5 Å². The molecule has 0 saturated carbocycles. The number of carbonyl (C=O) groups is 1. The molecule has 0 bridgehead atoms. The smallest absolute Gasteiger partial charge is 0.308 e. The van der Waals surface area contributed by atoms with E-state index >= 15 is 0 Å². The maximum atomic E-state index is 12.7. The van der Waals surface area contributed by atoms with E-state index in [-0.39, 0.29) is 10.6 Å².